The molecule has 0 aliphatic carbocycles. The van der Waals surface area contributed by atoms with Crippen LogP contribution in [0.1, 0.15) is 45.4 Å². The molecule has 1 heterocycles. The van der Waals surface area contributed by atoms with Crippen LogP contribution in [-0.2, 0) is 10.0 Å². The van der Waals surface area contributed by atoms with E-state index in [4.69, 9.17) is 4.52 Å². The molecule has 6 rings (SSSR count). The fourth-order valence-corrected chi connectivity index (χ4v) is 6.54. The van der Waals surface area contributed by atoms with Crippen LogP contribution in [0.5, 0.6) is 0 Å². The number of aromatic nitrogens is 2. The number of aryl methyl sites for hydroxylation is 4. The molecule has 0 bridgehead atoms. The predicted octanol–water partition coefficient (Wildman–Crippen LogP) is 8.79. The summed E-state index contributed by atoms with van der Waals surface area (Å²) in [6, 6.07) is 41.2. The van der Waals surface area contributed by atoms with E-state index in [-0.39, 0.29) is 5.78 Å². The van der Waals surface area contributed by atoms with E-state index in [1.807, 2.05) is 144 Å². The van der Waals surface area contributed by atoms with Gasteiger partial charge in [-0.15, -0.1) is 0 Å². The van der Waals surface area contributed by atoms with E-state index in [0.717, 1.165) is 33.4 Å². The minimum absolute atomic E-state index is 0.0914. The molecular weight excluding hydrogens is 607 g/mol. The molecule has 6 aromatic rings. The second-order valence-electron chi connectivity index (χ2n) is 10.7. The molecule has 0 saturated carbocycles. The van der Waals surface area contributed by atoms with Crippen molar-refractivity contribution in [2.24, 2.45) is 0 Å². The van der Waals surface area contributed by atoms with Crippen molar-refractivity contribution in [1.29, 1.82) is 0 Å². The third-order valence-corrected chi connectivity index (χ3v) is 9.38. The molecule has 0 saturated heterocycles. The van der Waals surface area contributed by atoms with Crippen molar-refractivity contribution in [1.82, 2.24) is 10.1 Å². The highest BCUT2D eigenvalue weighted by atomic mass is 32.2. The second kappa shape index (κ2) is 16.3. The van der Waals surface area contributed by atoms with Crippen molar-refractivity contribution < 1.29 is 17.7 Å². The first-order chi connectivity index (χ1) is 22.6. The van der Waals surface area contributed by atoms with Crippen LogP contribution in [-0.4, -0.2) is 30.9 Å². The van der Waals surface area contributed by atoms with Gasteiger partial charge < -0.3 is 4.52 Å². The summed E-state index contributed by atoms with van der Waals surface area (Å²) < 4.78 is 31.9. The molecule has 0 amide bonds. The van der Waals surface area contributed by atoms with Crippen LogP contribution >= 0.6 is 0 Å². The highest BCUT2D eigenvalue weighted by Gasteiger charge is 2.24. The maximum atomic E-state index is 12.7. The van der Waals surface area contributed by atoms with Gasteiger partial charge in [0.1, 0.15) is 0 Å². The molecule has 8 heteroatoms. The van der Waals surface area contributed by atoms with Gasteiger partial charge in [0.15, 0.2) is 11.6 Å². The highest BCUT2D eigenvalue weighted by Crippen LogP contribution is 2.25. The summed E-state index contributed by atoms with van der Waals surface area (Å²) in [5, 5.41) is 3.75. The van der Waals surface area contributed by atoms with Gasteiger partial charge in [-0.2, -0.15) is 4.98 Å². The summed E-state index contributed by atoms with van der Waals surface area (Å²) in [5.41, 5.74) is 6.14. The van der Waals surface area contributed by atoms with Gasteiger partial charge in [0.25, 0.3) is 15.9 Å². The normalized spacial score (nSPS) is 10.6. The lowest BCUT2D eigenvalue weighted by Gasteiger charge is -2.23. The van der Waals surface area contributed by atoms with Crippen LogP contribution in [0.25, 0.3) is 11.5 Å². The summed E-state index contributed by atoms with van der Waals surface area (Å²) in [7, 11) is -3.50. The standard InChI is InChI=1S/C15H17NO2S.C14H12O.C10H10N2O/c1-3-16(14-10-5-4-6-11-14)19(17,18)15-12-8-7-9-13(15)2;1-11-7-5-6-10-13(11)14(15)12-8-3-2-4-9-12;1-7-5-3-4-6-9(7)10-11-8(2)12-13-10/h4-12H,3H2,1-2H3;2-10H,1H3;3-6H,1-2H3. The quantitative estimate of drug-likeness (QED) is 0.161. The Labute approximate surface area is 277 Å². The number of sulfonamides is 1. The second-order valence-corrected chi connectivity index (χ2v) is 12.6. The monoisotopic (exact) mass is 645 g/mol. The van der Waals surface area contributed by atoms with E-state index in [0.29, 0.717) is 28.8 Å². The average molecular weight is 646 g/mol. The molecular formula is C39H39N3O4S. The molecule has 0 radical (unpaired) electrons. The summed E-state index contributed by atoms with van der Waals surface area (Å²) in [4.78, 5) is 16.6. The van der Waals surface area contributed by atoms with Gasteiger partial charge in [-0.05, 0) is 75.6 Å². The molecule has 1 aromatic heterocycles. The van der Waals surface area contributed by atoms with Crippen molar-refractivity contribution in [3.63, 3.8) is 0 Å². The number of ketones is 1. The number of nitrogens with zero attached hydrogens (tertiary/aromatic N) is 3. The Bertz CT molecular complexity index is 2010. The van der Waals surface area contributed by atoms with E-state index in [9.17, 15) is 13.2 Å². The van der Waals surface area contributed by atoms with E-state index in [2.05, 4.69) is 10.1 Å². The number of rotatable bonds is 7. The van der Waals surface area contributed by atoms with Crippen LogP contribution in [0.4, 0.5) is 5.69 Å². The molecule has 0 aliphatic heterocycles. The van der Waals surface area contributed by atoms with Crippen molar-refractivity contribution in [2.45, 2.75) is 39.5 Å². The molecule has 5 aromatic carbocycles. The zero-order chi connectivity index (χ0) is 33.8. The number of carbonyl (C=O) groups is 1. The van der Waals surface area contributed by atoms with E-state index < -0.39 is 10.0 Å². The van der Waals surface area contributed by atoms with Gasteiger partial charge in [-0.3, -0.25) is 9.10 Å². The van der Waals surface area contributed by atoms with Crippen LogP contribution in [0.3, 0.4) is 0 Å². The molecule has 7 nitrogen and oxygen atoms in total. The number of hydrogen-bond acceptors (Lipinski definition) is 6. The smallest absolute Gasteiger partial charge is 0.264 e. The van der Waals surface area contributed by atoms with E-state index >= 15 is 0 Å². The Morgan fingerprint density at radius 3 is 1.74 bits per heavy atom. The minimum Gasteiger partial charge on any atom is -0.334 e. The lowest BCUT2D eigenvalue weighted by atomic mass is 9.99. The van der Waals surface area contributed by atoms with E-state index in [1.165, 1.54) is 4.31 Å². The SMILES string of the molecule is CCN(c1ccccc1)S(=O)(=O)c1ccccc1C.Cc1ccccc1C(=O)c1ccccc1.Cc1noc(-c2ccccc2C)n1. The van der Waals surface area contributed by atoms with Crippen LogP contribution in [0.15, 0.2) is 143 Å². The van der Waals surface area contributed by atoms with Gasteiger partial charge in [0.05, 0.1) is 10.6 Å². The molecule has 0 N–H and O–H groups in total. The molecule has 0 atom stereocenters. The summed E-state index contributed by atoms with van der Waals surface area (Å²) >= 11 is 0. The molecule has 0 unspecified atom stereocenters. The molecule has 47 heavy (non-hydrogen) atoms. The largest absolute Gasteiger partial charge is 0.334 e. The maximum Gasteiger partial charge on any atom is 0.264 e. The first-order valence-electron chi connectivity index (χ1n) is 15.3. The lowest BCUT2D eigenvalue weighted by Crippen LogP contribution is -2.31. The molecule has 0 fully saturated rings. The first kappa shape index (κ1) is 34.5. The summed E-state index contributed by atoms with van der Waals surface area (Å²) in [6.45, 7) is 9.84. The lowest BCUT2D eigenvalue weighted by molar-refractivity contribution is 0.103. The zero-order valence-corrected chi connectivity index (χ0v) is 28.1. The van der Waals surface area contributed by atoms with Gasteiger partial charge in [-0.25, -0.2) is 8.42 Å². The Balaban J connectivity index is 0.000000163. The third-order valence-electron chi connectivity index (χ3n) is 7.32. The zero-order valence-electron chi connectivity index (χ0n) is 27.3. The number of benzene rings is 5. The third kappa shape index (κ3) is 8.89. The van der Waals surface area contributed by atoms with Crippen molar-refractivity contribution in [2.75, 3.05) is 10.8 Å². The predicted molar refractivity (Wildman–Crippen MR) is 188 cm³/mol. The van der Waals surface area contributed by atoms with Crippen molar-refractivity contribution in [3.05, 3.63) is 167 Å². The minimum atomic E-state index is -3.50. The van der Waals surface area contributed by atoms with E-state index in [1.54, 1.807) is 24.3 Å². The fraction of sp³-hybridized carbons (Fsp3) is 0.154. The Kier molecular flexibility index (Phi) is 12.0. The van der Waals surface area contributed by atoms with Crippen LogP contribution in [0, 0.1) is 27.7 Å². The molecule has 0 spiro atoms. The van der Waals surface area contributed by atoms with Gasteiger partial charge in [-0.1, -0.05) is 114 Å². The Morgan fingerprint density at radius 1 is 0.660 bits per heavy atom. The van der Waals surface area contributed by atoms with Crippen LogP contribution < -0.4 is 4.31 Å². The van der Waals surface area contributed by atoms with Gasteiger partial charge in [0, 0.05) is 23.2 Å². The average Bonchev–Trinajstić information content (AvgIpc) is 3.52. The van der Waals surface area contributed by atoms with Crippen molar-refractivity contribution in [3.8, 4) is 11.5 Å². The number of para-hydroxylation sites is 1. The first-order valence-corrected chi connectivity index (χ1v) is 16.7. The highest BCUT2D eigenvalue weighted by molar-refractivity contribution is 7.92. The maximum absolute atomic E-state index is 12.7. The number of hydrogen-bond donors (Lipinski definition) is 0. The van der Waals surface area contributed by atoms with Gasteiger partial charge in [0.2, 0.25) is 0 Å². The topological polar surface area (TPSA) is 93.4 Å². The molecule has 240 valence electrons. The number of anilines is 1. The molecule has 0 aliphatic rings. The fourth-order valence-electron chi connectivity index (χ4n) is 4.84. The Hall–Kier alpha value is -5.34. The van der Waals surface area contributed by atoms with Crippen molar-refractivity contribution >= 4 is 21.5 Å². The van der Waals surface area contributed by atoms with Crippen LogP contribution in [0.2, 0.25) is 0 Å². The summed E-state index contributed by atoms with van der Waals surface area (Å²) in [5.74, 6) is 1.35. The van der Waals surface area contributed by atoms with Gasteiger partial charge >= 0.3 is 0 Å². The number of carbonyl (C=O) groups excluding carboxylic acids is 1. The Morgan fingerprint density at radius 2 is 1.19 bits per heavy atom. The summed E-state index contributed by atoms with van der Waals surface area (Å²) in [6.07, 6.45) is 0.